The zero-order chi connectivity index (χ0) is 18.7. The molecule has 0 aliphatic heterocycles. The number of hydrogen-bond donors (Lipinski definition) is 1. The molecule has 2 aromatic carbocycles. The Morgan fingerprint density at radius 1 is 1.15 bits per heavy atom. The van der Waals surface area contributed by atoms with Gasteiger partial charge >= 0.3 is 5.97 Å². The summed E-state index contributed by atoms with van der Waals surface area (Å²) in [4.78, 5) is 18.2. The Balaban J connectivity index is 1.96. The molecule has 0 bridgehead atoms. The Labute approximate surface area is 152 Å². The number of aromatic nitrogens is 1. The van der Waals surface area contributed by atoms with Gasteiger partial charge in [0.2, 0.25) is 0 Å². The number of carbonyl (C=O) groups excluding carboxylic acids is 1. The number of nitrogens with one attached hydrogen (secondary N) is 1. The van der Waals surface area contributed by atoms with Gasteiger partial charge in [-0.25, -0.2) is 14.2 Å². The number of para-hydroxylation sites is 1. The van der Waals surface area contributed by atoms with E-state index < -0.39 is 0 Å². The lowest BCUT2D eigenvalue weighted by atomic mass is 10.0. The zero-order valence-corrected chi connectivity index (χ0v) is 15.2. The van der Waals surface area contributed by atoms with Crippen LogP contribution in [0.4, 0.5) is 4.39 Å². The maximum atomic E-state index is 13.4. The van der Waals surface area contributed by atoms with Crippen LogP contribution in [-0.4, -0.2) is 25.1 Å². The fourth-order valence-electron chi connectivity index (χ4n) is 3.29. The average molecular weight is 353 g/mol. The van der Waals surface area contributed by atoms with Gasteiger partial charge in [-0.05, 0) is 30.7 Å². The van der Waals surface area contributed by atoms with Gasteiger partial charge in [-0.15, -0.1) is 0 Å². The van der Waals surface area contributed by atoms with Gasteiger partial charge in [0, 0.05) is 10.9 Å². The first-order valence-electron chi connectivity index (χ1n) is 8.52. The van der Waals surface area contributed by atoms with Gasteiger partial charge in [0.25, 0.3) is 0 Å². The smallest absolute Gasteiger partial charge is 0.340 e. The third-order valence-electron chi connectivity index (χ3n) is 4.48. The van der Waals surface area contributed by atoms with Crippen LogP contribution in [-0.2, 0) is 17.8 Å². The standard InChI is InChI=1S/C21H21FN2O2/c1-14-17-9-4-5-10-18(17)23-19(20(14)21(25)26-3)13-24(2)12-15-7-6-8-16(22)11-15/h4-11H,12-13H2,1-3H3/p+1. The molecule has 1 N–H and O–H groups in total. The van der Waals surface area contributed by atoms with Gasteiger partial charge in [-0.3, -0.25) is 0 Å². The molecule has 0 spiro atoms. The van der Waals surface area contributed by atoms with Crippen LogP contribution in [0, 0.1) is 12.7 Å². The molecule has 1 heterocycles. The van der Waals surface area contributed by atoms with Crippen LogP contribution in [0.5, 0.6) is 0 Å². The van der Waals surface area contributed by atoms with Crippen molar-refractivity contribution >= 4 is 16.9 Å². The lowest BCUT2D eigenvalue weighted by molar-refractivity contribution is -0.908. The van der Waals surface area contributed by atoms with Gasteiger partial charge in [0.05, 0.1) is 25.2 Å². The fraction of sp³-hybridized carbons (Fsp3) is 0.238. The Morgan fingerprint density at radius 2 is 1.92 bits per heavy atom. The molecule has 1 atom stereocenters. The number of methoxy groups -OCH3 is 1. The third-order valence-corrected chi connectivity index (χ3v) is 4.48. The topological polar surface area (TPSA) is 43.6 Å². The largest absolute Gasteiger partial charge is 0.465 e. The molecule has 3 rings (SSSR count). The number of carbonyl (C=O) groups is 1. The normalized spacial score (nSPS) is 12.2. The lowest BCUT2D eigenvalue weighted by Crippen LogP contribution is -3.06. The van der Waals surface area contributed by atoms with E-state index in [1.165, 1.54) is 19.2 Å². The summed E-state index contributed by atoms with van der Waals surface area (Å²) in [5.74, 6) is -0.625. The number of esters is 1. The molecule has 26 heavy (non-hydrogen) atoms. The van der Waals surface area contributed by atoms with E-state index in [-0.39, 0.29) is 11.8 Å². The highest BCUT2D eigenvalue weighted by atomic mass is 19.1. The van der Waals surface area contributed by atoms with Crippen molar-refractivity contribution in [3.63, 3.8) is 0 Å². The monoisotopic (exact) mass is 353 g/mol. The summed E-state index contributed by atoms with van der Waals surface area (Å²) < 4.78 is 18.4. The first-order chi connectivity index (χ1) is 12.5. The fourth-order valence-corrected chi connectivity index (χ4v) is 3.29. The van der Waals surface area contributed by atoms with Crippen LogP contribution in [0.15, 0.2) is 48.5 Å². The van der Waals surface area contributed by atoms with E-state index in [4.69, 9.17) is 9.72 Å². The van der Waals surface area contributed by atoms with Crippen molar-refractivity contribution in [1.29, 1.82) is 0 Å². The van der Waals surface area contributed by atoms with Gasteiger partial charge in [-0.1, -0.05) is 30.3 Å². The third kappa shape index (κ3) is 3.73. The second-order valence-corrected chi connectivity index (χ2v) is 6.51. The number of ether oxygens (including phenoxy) is 1. The van der Waals surface area contributed by atoms with Gasteiger partial charge in [0.1, 0.15) is 24.6 Å². The second-order valence-electron chi connectivity index (χ2n) is 6.51. The molecule has 1 unspecified atom stereocenters. The van der Waals surface area contributed by atoms with E-state index in [2.05, 4.69) is 0 Å². The quantitative estimate of drug-likeness (QED) is 0.717. The minimum atomic E-state index is -0.380. The molecule has 0 fully saturated rings. The summed E-state index contributed by atoms with van der Waals surface area (Å²) in [6, 6.07) is 14.3. The minimum absolute atomic E-state index is 0.245. The highest BCUT2D eigenvalue weighted by Gasteiger charge is 2.21. The van der Waals surface area contributed by atoms with Crippen molar-refractivity contribution in [3.8, 4) is 0 Å². The van der Waals surface area contributed by atoms with Gasteiger partial charge in [0.15, 0.2) is 0 Å². The zero-order valence-electron chi connectivity index (χ0n) is 15.2. The number of hydrogen-bond acceptors (Lipinski definition) is 3. The van der Waals surface area contributed by atoms with E-state index in [1.54, 1.807) is 6.07 Å². The second kappa shape index (κ2) is 7.62. The molecular weight excluding hydrogens is 331 g/mol. The summed E-state index contributed by atoms with van der Waals surface area (Å²) in [5, 5.41) is 0.944. The summed E-state index contributed by atoms with van der Waals surface area (Å²) in [6.45, 7) is 3.08. The molecule has 0 aliphatic carbocycles. The van der Waals surface area contributed by atoms with Crippen molar-refractivity contribution in [2.45, 2.75) is 20.0 Å². The predicted octanol–water partition coefficient (Wildman–Crippen LogP) is 2.68. The Hall–Kier alpha value is -2.79. The molecular formula is C21H22FN2O2+. The number of pyridine rings is 1. The summed E-state index contributed by atoms with van der Waals surface area (Å²) in [6.07, 6.45) is 0. The number of benzene rings is 2. The maximum absolute atomic E-state index is 13.4. The van der Waals surface area contributed by atoms with Crippen LogP contribution in [0.2, 0.25) is 0 Å². The number of aryl methyl sites for hydroxylation is 1. The summed E-state index contributed by atoms with van der Waals surface area (Å²) in [7, 11) is 3.38. The number of nitrogens with zero attached hydrogens (tertiary/aromatic N) is 1. The molecule has 5 heteroatoms. The highest BCUT2D eigenvalue weighted by Crippen LogP contribution is 2.23. The number of halogens is 1. The summed E-state index contributed by atoms with van der Waals surface area (Å²) in [5.41, 5.74) is 3.84. The SMILES string of the molecule is COC(=O)c1c(C[NH+](C)Cc2cccc(F)c2)nc2ccccc2c1C. The molecule has 134 valence electrons. The van der Waals surface area contributed by atoms with Crippen molar-refractivity contribution < 1.29 is 18.8 Å². The van der Waals surface area contributed by atoms with Crippen molar-refractivity contribution in [1.82, 2.24) is 4.98 Å². The van der Waals surface area contributed by atoms with Crippen LogP contribution >= 0.6 is 0 Å². The summed E-state index contributed by atoms with van der Waals surface area (Å²) >= 11 is 0. The van der Waals surface area contributed by atoms with E-state index in [0.717, 1.165) is 26.9 Å². The molecule has 1 aromatic heterocycles. The van der Waals surface area contributed by atoms with Crippen molar-refractivity contribution in [2.75, 3.05) is 14.2 Å². The molecule has 0 amide bonds. The highest BCUT2D eigenvalue weighted by molar-refractivity contribution is 5.98. The average Bonchev–Trinajstić information content (AvgIpc) is 2.61. The van der Waals surface area contributed by atoms with Crippen LogP contribution in [0.1, 0.15) is 27.2 Å². The number of quaternary nitrogens is 1. The molecule has 3 aromatic rings. The lowest BCUT2D eigenvalue weighted by Gasteiger charge is -2.17. The maximum Gasteiger partial charge on any atom is 0.340 e. The predicted molar refractivity (Wildman–Crippen MR) is 98.5 cm³/mol. The Kier molecular flexibility index (Phi) is 5.28. The number of rotatable bonds is 5. The van der Waals surface area contributed by atoms with Crippen LogP contribution in [0.3, 0.4) is 0 Å². The molecule has 0 radical (unpaired) electrons. The first-order valence-corrected chi connectivity index (χ1v) is 8.52. The van der Waals surface area contributed by atoms with E-state index in [0.29, 0.717) is 24.3 Å². The first kappa shape index (κ1) is 18.0. The van der Waals surface area contributed by atoms with Crippen molar-refractivity contribution in [3.05, 3.63) is 76.7 Å². The molecule has 0 saturated carbocycles. The number of fused-ring (bicyclic) bond motifs is 1. The van der Waals surface area contributed by atoms with Gasteiger partial charge < -0.3 is 9.64 Å². The molecule has 4 nitrogen and oxygen atoms in total. The van der Waals surface area contributed by atoms with Crippen LogP contribution < -0.4 is 4.90 Å². The molecule has 0 saturated heterocycles. The van der Waals surface area contributed by atoms with Crippen LogP contribution in [0.25, 0.3) is 10.9 Å². The Morgan fingerprint density at radius 3 is 2.65 bits per heavy atom. The Bertz CT molecular complexity index is 956. The minimum Gasteiger partial charge on any atom is -0.465 e. The van der Waals surface area contributed by atoms with Crippen molar-refractivity contribution in [2.24, 2.45) is 0 Å². The molecule has 0 aliphatic rings. The van der Waals surface area contributed by atoms with E-state index in [1.807, 2.05) is 44.3 Å². The van der Waals surface area contributed by atoms with E-state index >= 15 is 0 Å². The van der Waals surface area contributed by atoms with Gasteiger partial charge in [-0.2, -0.15) is 0 Å². The van der Waals surface area contributed by atoms with E-state index in [9.17, 15) is 9.18 Å².